The second kappa shape index (κ2) is 6.17. The van der Waals surface area contributed by atoms with Gasteiger partial charge < -0.3 is 4.57 Å². The van der Waals surface area contributed by atoms with Crippen molar-refractivity contribution in [3.8, 4) is 0 Å². The largest absolute Gasteiger partial charge is 0.311 e. The zero-order chi connectivity index (χ0) is 14.9. The normalized spacial score (nSPS) is 13.6. The molecule has 112 valence electrons. The number of fused-ring (bicyclic) bond motifs is 1. The molecular weight excluding hydrogens is 272 g/mol. The van der Waals surface area contributed by atoms with Crippen LogP contribution < -0.4 is 0 Å². The Kier molecular flexibility index (Phi) is 4.74. The highest BCUT2D eigenvalue weighted by Gasteiger charge is 2.22. The number of alkyl halides is 1. The van der Waals surface area contributed by atoms with Crippen LogP contribution in [0.25, 0.3) is 11.2 Å². The minimum absolute atomic E-state index is 0.0820. The van der Waals surface area contributed by atoms with Gasteiger partial charge in [-0.05, 0) is 26.7 Å². The van der Waals surface area contributed by atoms with Gasteiger partial charge >= 0.3 is 0 Å². The first-order chi connectivity index (χ1) is 9.53. The van der Waals surface area contributed by atoms with Crippen LogP contribution in [0.5, 0.6) is 0 Å². The van der Waals surface area contributed by atoms with E-state index in [9.17, 15) is 0 Å². The summed E-state index contributed by atoms with van der Waals surface area (Å²) in [5.74, 6) is 1.62. The Bertz CT molecular complexity index is 578. The van der Waals surface area contributed by atoms with Gasteiger partial charge in [0.1, 0.15) is 11.3 Å². The molecule has 0 saturated carbocycles. The van der Waals surface area contributed by atoms with Gasteiger partial charge in [-0.15, -0.1) is 11.6 Å². The minimum atomic E-state index is -0.0820. The molecule has 0 fully saturated rings. The fourth-order valence-electron chi connectivity index (χ4n) is 2.75. The molecule has 0 aliphatic heterocycles. The van der Waals surface area contributed by atoms with Crippen LogP contribution in [-0.4, -0.2) is 19.3 Å². The SMILES string of the molecule is CCC(CC)Cn1c(C(C)Cl)nc2c(C)nn(CC)c21. The molecule has 1 unspecified atom stereocenters. The first-order valence-electron chi connectivity index (χ1n) is 7.60. The first kappa shape index (κ1) is 15.4. The third-order valence-corrected chi connectivity index (χ3v) is 4.27. The highest BCUT2D eigenvalue weighted by atomic mass is 35.5. The van der Waals surface area contributed by atoms with Crippen LogP contribution in [0.15, 0.2) is 0 Å². The topological polar surface area (TPSA) is 35.6 Å². The quantitative estimate of drug-likeness (QED) is 0.745. The van der Waals surface area contributed by atoms with Gasteiger partial charge in [-0.2, -0.15) is 5.10 Å². The Morgan fingerprint density at radius 1 is 1.20 bits per heavy atom. The van der Waals surface area contributed by atoms with Gasteiger partial charge in [-0.3, -0.25) is 0 Å². The lowest BCUT2D eigenvalue weighted by atomic mass is 10.0. The molecule has 5 heteroatoms. The number of nitrogens with zero attached hydrogens (tertiary/aromatic N) is 4. The summed E-state index contributed by atoms with van der Waals surface area (Å²) < 4.78 is 4.33. The van der Waals surface area contributed by atoms with E-state index in [1.807, 2.05) is 18.5 Å². The summed E-state index contributed by atoms with van der Waals surface area (Å²) in [4.78, 5) is 4.75. The summed E-state index contributed by atoms with van der Waals surface area (Å²) in [6.45, 7) is 12.4. The number of hydrogen-bond donors (Lipinski definition) is 0. The molecule has 20 heavy (non-hydrogen) atoms. The van der Waals surface area contributed by atoms with E-state index < -0.39 is 0 Å². The Balaban J connectivity index is 2.60. The summed E-state index contributed by atoms with van der Waals surface area (Å²) in [6, 6.07) is 0. The molecule has 2 aromatic heterocycles. The van der Waals surface area contributed by atoms with Crippen LogP contribution in [0, 0.1) is 12.8 Å². The first-order valence-corrected chi connectivity index (χ1v) is 8.04. The van der Waals surface area contributed by atoms with E-state index in [2.05, 4.69) is 30.4 Å². The zero-order valence-corrected chi connectivity index (χ0v) is 13.9. The number of imidazole rings is 1. The summed E-state index contributed by atoms with van der Waals surface area (Å²) in [7, 11) is 0. The summed E-state index contributed by atoms with van der Waals surface area (Å²) >= 11 is 6.34. The Labute approximate surface area is 126 Å². The average Bonchev–Trinajstić information content (AvgIpc) is 2.94. The molecule has 0 bridgehead atoms. The average molecular weight is 297 g/mol. The van der Waals surface area contributed by atoms with Crippen molar-refractivity contribution in [3.63, 3.8) is 0 Å². The van der Waals surface area contributed by atoms with Crippen molar-refractivity contribution in [2.75, 3.05) is 0 Å². The maximum absolute atomic E-state index is 6.34. The van der Waals surface area contributed by atoms with E-state index in [0.717, 1.165) is 35.8 Å². The molecule has 0 saturated heterocycles. The Morgan fingerprint density at radius 3 is 2.35 bits per heavy atom. The van der Waals surface area contributed by atoms with Crippen LogP contribution in [0.1, 0.15) is 57.4 Å². The fraction of sp³-hybridized carbons (Fsp3) is 0.733. The molecule has 0 radical (unpaired) electrons. The maximum atomic E-state index is 6.34. The van der Waals surface area contributed by atoms with Crippen molar-refractivity contribution >= 4 is 22.8 Å². The molecule has 1 atom stereocenters. The van der Waals surface area contributed by atoms with Gasteiger partial charge in [0.05, 0.1) is 11.1 Å². The minimum Gasteiger partial charge on any atom is -0.311 e. The highest BCUT2D eigenvalue weighted by molar-refractivity contribution is 6.20. The maximum Gasteiger partial charge on any atom is 0.158 e. The number of aryl methyl sites for hydroxylation is 2. The van der Waals surface area contributed by atoms with Gasteiger partial charge in [0.15, 0.2) is 5.65 Å². The molecule has 2 rings (SSSR count). The van der Waals surface area contributed by atoms with Gasteiger partial charge in [0.25, 0.3) is 0 Å². The van der Waals surface area contributed by atoms with E-state index in [1.54, 1.807) is 0 Å². The van der Waals surface area contributed by atoms with E-state index in [-0.39, 0.29) is 5.38 Å². The second-order valence-corrected chi connectivity index (χ2v) is 6.11. The van der Waals surface area contributed by atoms with Gasteiger partial charge in [-0.25, -0.2) is 9.67 Å². The molecule has 4 nitrogen and oxygen atoms in total. The third kappa shape index (κ3) is 2.58. The molecular formula is C15H25ClN4. The van der Waals surface area contributed by atoms with Crippen molar-refractivity contribution in [3.05, 3.63) is 11.5 Å². The molecule has 2 aromatic rings. The molecule has 0 N–H and O–H groups in total. The molecule has 2 heterocycles. The van der Waals surface area contributed by atoms with E-state index in [1.165, 1.54) is 12.8 Å². The smallest absolute Gasteiger partial charge is 0.158 e. The third-order valence-electron chi connectivity index (χ3n) is 4.08. The van der Waals surface area contributed by atoms with Crippen LogP contribution in [0.3, 0.4) is 0 Å². The standard InChI is InChI=1S/C15H25ClN4/c1-6-12(7-2)9-19-14(10(4)16)17-13-11(5)18-20(8-3)15(13)19/h10,12H,6-9H2,1-5H3. The Morgan fingerprint density at radius 2 is 1.85 bits per heavy atom. The Hall–Kier alpha value is -1.03. The molecule has 0 aliphatic carbocycles. The van der Waals surface area contributed by atoms with Crippen LogP contribution in [0.2, 0.25) is 0 Å². The van der Waals surface area contributed by atoms with Crippen molar-refractivity contribution in [1.82, 2.24) is 19.3 Å². The van der Waals surface area contributed by atoms with Crippen molar-refractivity contribution < 1.29 is 0 Å². The molecule has 0 aromatic carbocycles. The fourth-order valence-corrected chi connectivity index (χ4v) is 2.92. The zero-order valence-electron chi connectivity index (χ0n) is 13.1. The number of hydrogen-bond acceptors (Lipinski definition) is 2. The van der Waals surface area contributed by atoms with E-state index in [0.29, 0.717) is 5.92 Å². The lowest BCUT2D eigenvalue weighted by Gasteiger charge is -2.17. The summed E-state index contributed by atoms with van der Waals surface area (Å²) in [6.07, 6.45) is 2.34. The monoisotopic (exact) mass is 296 g/mol. The van der Waals surface area contributed by atoms with E-state index >= 15 is 0 Å². The summed E-state index contributed by atoms with van der Waals surface area (Å²) in [5, 5.41) is 4.50. The van der Waals surface area contributed by atoms with Gasteiger partial charge in [0, 0.05) is 13.1 Å². The molecule has 0 amide bonds. The van der Waals surface area contributed by atoms with Crippen LogP contribution in [0.4, 0.5) is 0 Å². The van der Waals surface area contributed by atoms with Crippen molar-refractivity contribution in [1.29, 1.82) is 0 Å². The van der Waals surface area contributed by atoms with Gasteiger partial charge in [0.2, 0.25) is 0 Å². The van der Waals surface area contributed by atoms with Gasteiger partial charge in [-0.1, -0.05) is 26.7 Å². The lowest BCUT2D eigenvalue weighted by Crippen LogP contribution is -2.15. The molecule has 0 aliphatic rings. The van der Waals surface area contributed by atoms with E-state index in [4.69, 9.17) is 16.6 Å². The number of rotatable bonds is 6. The van der Waals surface area contributed by atoms with Crippen LogP contribution >= 0.6 is 11.6 Å². The number of halogens is 1. The summed E-state index contributed by atoms with van der Waals surface area (Å²) in [5.41, 5.74) is 3.11. The predicted octanol–water partition coefficient (Wildman–Crippen LogP) is 4.30. The highest BCUT2D eigenvalue weighted by Crippen LogP contribution is 2.28. The predicted molar refractivity (Wildman–Crippen MR) is 84.3 cm³/mol. The lowest BCUT2D eigenvalue weighted by molar-refractivity contribution is 0.412. The van der Waals surface area contributed by atoms with Crippen molar-refractivity contribution in [2.24, 2.45) is 5.92 Å². The van der Waals surface area contributed by atoms with Crippen molar-refractivity contribution in [2.45, 2.75) is 65.9 Å². The second-order valence-electron chi connectivity index (χ2n) is 5.45. The van der Waals surface area contributed by atoms with Crippen LogP contribution in [-0.2, 0) is 13.1 Å². The number of aromatic nitrogens is 4. The molecule has 0 spiro atoms.